The second kappa shape index (κ2) is 5.83. The predicted molar refractivity (Wildman–Crippen MR) is 74.1 cm³/mol. The highest BCUT2D eigenvalue weighted by molar-refractivity contribution is 7.99. The summed E-state index contributed by atoms with van der Waals surface area (Å²) in [5.41, 5.74) is -0.768. The van der Waals surface area contributed by atoms with Crippen LogP contribution in [0.5, 0.6) is 0 Å². The number of hydrogen-bond acceptors (Lipinski definition) is 3. The Morgan fingerprint density at radius 2 is 2.20 bits per heavy atom. The van der Waals surface area contributed by atoms with Gasteiger partial charge in [-0.25, -0.2) is 0 Å². The maximum atomic E-state index is 12.7. The van der Waals surface area contributed by atoms with Crippen molar-refractivity contribution in [2.75, 3.05) is 23.6 Å². The molecule has 20 heavy (non-hydrogen) atoms. The molecule has 0 saturated carbocycles. The smallest absolute Gasteiger partial charge is 0.313 e. The normalized spacial score (nSPS) is 19.1. The highest BCUT2D eigenvalue weighted by Crippen LogP contribution is 2.35. The summed E-state index contributed by atoms with van der Waals surface area (Å²) in [5, 5.41) is 3.09. The highest BCUT2D eigenvalue weighted by Gasteiger charge is 2.33. The van der Waals surface area contributed by atoms with Crippen LogP contribution in [0, 0.1) is 0 Å². The van der Waals surface area contributed by atoms with Gasteiger partial charge in [-0.05, 0) is 18.2 Å². The molecule has 1 heterocycles. The third-order valence-corrected chi connectivity index (χ3v) is 4.24. The van der Waals surface area contributed by atoms with Crippen molar-refractivity contribution in [2.24, 2.45) is 0 Å². The van der Waals surface area contributed by atoms with Gasteiger partial charge in [-0.3, -0.25) is 10.1 Å². The summed E-state index contributed by atoms with van der Waals surface area (Å²) in [4.78, 5) is 13.3. The van der Waals surface area contributed by atoms with Gasteiger partial charge in [0.1, 0.15) is 0 Å². The number of amides is 1. The number of rotatable bonds is 2. The molecule has 0 bridgehead atoms. The molecule has 1 N–H and O–H groups in total. The number of anilines is 1. The first-order chi connectivity index (χ1) is 9.30. The Morgan fingerprint density at radius 3 is 2.75 bits per heavy atom. The Bertz CT molecular complexity index is 518. The van der Waals surface area contributed by atoms with Crippen LogP contribution in [0.4, 0.5) is 18.9 Å². The molecule has 8 heteroatoms. The van der Waals surface area contributed by atoms with Crippen molar-refractivity contribution in [3.8, 4) is 0 Å². The predicted octanol–water partition coefficient (Wildman–Crippen LogP) is 2.98. The Balaban J connectivity index is 2.28. The Labute approximate surface area is 123 Å². The molecule has 1 amide bonds. The minimum absolute atomic E-state index is 0.0604. The van der Waals surface area contributed by atoms with Crippen molar-refractivity contribution in [1.29, 1.82) is 0 Å². The van der Waals surface area contributed by atoms with Gasteiger partial charge in [-0.1, -0.05) is 11.6 Å². The van der Waals surface area contributed by atoms with Crippen LogP contribution >= 0.6 is 23.4 Å². The largest absolute Gasteiger partial charge is 0.416 e. The van der Waals surface area contributed by atoms with Crippen LogP contribution in [0.15, 0.2) is 18.2 Å². The van der Waals surface area contributed by atoms with E-state index < -0.39 is 17.8 Å². The van der Waals surface area contributed by atoms with E-state index in [0.29, 0.717) is 11.6 Å². The Morgan fingerprint density at radius 1 is 1.50 bits per heavy atom. The van der Waals surface area contributed by atoms with Crippen molar-refractivity contribution < 1.29 is 18.0 Å². The molecule has 1 aromatic rings. The number of alkyl halides is 3. The summed E-state index contributed by atoms with van der Waals surface area (Å²) in [5.74, 6) is 0.955. The molecule has 1 saturated heterocycles. The van der Waals surface area contributed by atoms with Crippen LogP contribution in [0.2, 0.25) is 5.02 Å². The number of halogens is 4. The third-order valence-electron chi connectivity index (χ3n) is 2.98. The molecule has 1 fully saturated rings. The zero-order valence-electron chi connectivity index (χ0n) is 10.5. The summed E-state index contributed by atoms with van der Waals surface area (Å²) in [6, 6.07) is 2.55. The lowest BCUT2D eigenvalue weighted by molar-refractivity contribution is -0.137. The van der Waals surface area contributed by atoms with Gasteiger partial charge in [0.05, 0.1) is 22.3 Å². The molecule has 1 aromatic carbocycles. The van der Waals surface area contributed by atoms with Crippen LogP contribution in [0.25, 0.3) is 0 Å². The van der Waals surface area contributed by atoms with Crippen molar-refractivity contribution in [1.82, 2.24) is 5.32 Å². The SMILES string of the molecule is CN(C(=O)C1CSCN1)c1cc(C(F)(F)F)ccc1Cl. The van der Waals surface area contributed by atoms with E-state index in [1.54, 1.807) is 11.8 Å². The first-order valence-electron chi connectivity index (χ1n) is 5.76. The average Bonchev–Trinajstić information content (AvgIpc) is 2.90. The molecule has 1 atom stereocenters. The molecular formula is C12H12ClF3N2OS. The molecule has 1 aliphatic rings. The van der Waals surface area contributed by atoms with Crippen LogP contribution < -0.4 is 10.2 Å². The van der Waals surface area contributed by atoms with E-state index >= 15 is 0 Å². The van der Waals surface area contributed by atoms with Gasteiger partial charge >= 0.3 is 6.18 Å². The van der Waals surface area contributed by atoms with E-state index in [1.165, 1.54) is 11.9 Å². The number of carbonyl (C=O) groups excluding carboxylic acids is 1. The fraction of sp³-hybridized carbons (Fsp3) is 0.417. The van der Waals surface area contributed by atoms with Gasteiger partial charge in [-0.2, -0.15) is 13.2 Å². The van der Waals surface area contributed by atoms with E-state index in [9.17, 15) is 18.0 Å². The maximum Gasteiger partial charge on any atom is 0.416 e. The van der Waals surface area contributed by atoms with Crippen LogP contribution in [-0.4, -0.2) is 30.6 Å². The lowest BCUT2D eigenvalue weighted by atomic mass is 10.1. The van der Waals surface area contributed by atoms with Crippen LogP contribution in [0.1, 0.15) is 5.56 Å². The average molecular weight is 325 g/mol. The Hall–Kier alpha value is -0.920. The second-order valence-corrected chi connectivity index (χ2v) is 5.77. The van der Waals surface area contributed by atoms with Gasteiger partial charge in [-0.15, -0.1) is 11.8 Å². The summed E-state index contributed by atoms with van der Waals surface area (Å²) < 4.78 is 38.1. The zero-order valence-corrected chi connectivity index (χ0v) is 12.1. The van der Waals surface area contributed by atoms with E-state index in [1.807, 2.05) is 0 Å². The molecular weight excluding hydrogens is 313 g/mol. The van der Waals surface area contributed by atoms with Crippen molar-refractivity contribution in [3.05, 3.63) is 28.8 Å². The molecule has 0 spiro atoms. The van der Waals surface area contributed by atoms with Gasteiger partial charge in [0.15, 0.2) is 0 Å². The van der Waals surface area contributed by atoms with E-state index in [2.05, 4.69) is 5.32 Å². The van der Waals surface area contributed by atoms with Crippen molar-refractivity contribution >= 4 is 35.0 Å². The summed E-state index contributed by atoms with van der Waals surface area (Å²) >= 11 is 7.47. The van der Waals surface area contributed by atoms with E-state index in [-0.39, 0.29) is 16.6 Å². The Kier molecular flexibility index (Phi) is 4.51. The summed E-state index contributed by atoms with van der Waals surface area (Å²) in [6.45, 7) is 0. The molecule has 3 nitrogen and oxygen atoms in total. The van der Waals surface area contributed by atoms with Gasteiger partial charge < -0.3 is 4.90 Å². The summed E-state index contributed by atoms with van der Waals surface area (Å²) in [7, 11) is 1.42. The summed E-state index contributed by atoms with van der Waals surface area (Å²) in [6.07, 6.45) is -4.47. The van der Waals surface area contributed by atoms with Crippen molar-refractivity contribution in [2.45, 2.75) is 12.2 Å². The quantitative estimate of drug-likeness (QED) is 0.907. The number of thioether (sulfide) groups is 1. The fourth-order valence-corrected chi connectivity index (χ4v) is 3.03. The number of nitrogens with one attached hydrogen (secondary N) is 1. The molecule has 1 unspecified atom stereocenters. The van der Waals surface area contributed by atoms with Crippen molar-refractivity contribution in [3.63, 3.8) is 0 Å². The minimum atomic E-state index is -4.47. The first kappa shape index (κ1) is 15.5. The number of nitrogens with zero attached hydrogens (tertiary/aromatic N) is 1. The third kappa shape index (κ3) is 3.21. The standard InChI is InChI=1S/C12H12ClF3N2OS/c1-18(11(19)9-5-20-6-17-9)10-4-7(12(14,15)16)2-3-8(10)13/h2-4,9,17H,5-6H2,1H3. The lowest BCUT2D eigenvalue weighted by Crippen LogP contribution is -2.43. The number of benzene rings is 1. The topological polar surface area (TPSA) is 32.3 Å². The minimum Gasteiger partial charge on any atom is -0.313 e. The number of hydrogen-bond donors (Lipinski definition) is 1. The number of likely N-dealkylation sites (N-methyl/N-ethyl adjacent to an activating group) is 1. The molecule has 2 rings (SSSR count). The lowest BCUT2D eigenvalue weighted by Gasteiger charge is -2.23. The molecule has 0 radical (unpaired) electrons. The van der Waals surface area contributed by atoms with E-state index in [0.717, 1.165) is 18.2 Å². The van der Waals surface area contributed by atoms with Gasteiger partial charge in [0.2, 0.25) is 5.91 Å². The van der Waals surface area contributed by atoms with Crippen LogP contribution in [-0.2, 0) is 11.0 Å². The monoisotopic (exact) mass is 324 g/mol. The first-order valence-corrected chi connectivity index (χ1v) is 7.29. The van der Waals surface area contributed by atoms with E-state index in [4.69, 9.17) is 11.6 Å². The molecule has 1 aliphatic heterocycles. The fourth-order valence-electron chi connectivity index (χ4n) is 1.85. The molecule has 0 aliphatic carbocycles. The van der Waals surface area contributed by atoms with Gasteiger partial charge in [0, 0.05) is 18.7 Å². The van der Waals surface area contributed by atoms with Crippen LogP contribution in [0.3, 0.4) is 0 Å². The molecule has 0 aromatic heterocycles. The zero-order chi connectivity index (χ0) is 14.9. The number of carbonyl (C=O) groups is 1. The molecule has 110 valence electrons. The second-order valence-electron chi connectivity index (χ2n) is 4.33. The van der Waals surface area contributed by atoms with Gasteiger partial charge in [0.25, 0.3) is 0 Å². The highest BCUT2D eigenvalue weighted by atomic mass is 35.5. The maximum absolute atomic E-state index is 12.7.